The summed E-state index contributed by atoms with van der Waals surface area (Å²) in [4.78, 5) is 103. The van der Waals surface area contributed by atoms with Gasteiger partial charge < -0.3 is 114 Å². The second kappa shape index (κ2) is 58.3. The van der Waals surface area contributed by atoms with Crippen LogP contribution in [0.1, 0.15) is 171 Å². The number of methoxy groups -OCH3 is 4. The van der Waals surface area contributed by atoms with Crippen molar-refractivity contribution in [2.75, 3.05) is 97.8 Å². The predicted molar refractivity (Wildman–Crippen MR) is 516 cm³/mol. The number of aromatic nitrogens is 8. The van der Waals surface area contributed by atoms with Crippen LogP contribution in [0.5, 0.6) is 34.5 Å². The van der Waals surface area contributed by atoms with Crippen LogP contribution in [0.3, 0.4) is 0 Å². The number of nitrogens with two attached hydrogens (primary N) is 2. The van der Waals surface area contributed by atoms with Crippen LogP contribution in [-0.2, 0) is 65.2 Å². The number of carbonyl (C=O) groups excluding carboxylic acids is 5. The molecule has 7 saturated carbocycles. The van der Waals surface area contributed by atoms with Crippen molar-refractivity contribution in [1.82, 2.24) is 50.5 Å². The van der Waals surface area contributed by atoms with Gasteiger partial charge in [-0.25, -0.2) is 48.3 Å². The number of aliphatic carboxylic acids is 1. The lowest BCUT2D eigenvalue weighted by atomic mass is 10.1. The van der Waals surface area contributed by atoms with Crippen LogP contribution in [0.25, 0.3) is 0 Å². The van der Waals surface area contributed by atoms with Gasteiger partial charge in [0.2, 0.25) is 30.4 Å². The van der Waals surface area contributed by atoms with Crippen LogP contribution in [0, 0.1) is 41.4 Å². The summed E-state index contributed by atoms with van der Waals surface area (Å²) in [7, 11) is 20.9. The van der Waals surface area contributed by atoms with E-state index in [0.29, 0.717) is 72.8 Å². The first kappa shape index (κ1) is 119. The molecule has 38 nitrogen and oxygen atoms in total. The summed E-state index contributed by atoms with van der Waals surface area (Å²) in [5.41, 5.74) is 10.7. The Morgan fingerprint density at radius 2 is 0.948 bits per heavy atom. The Morgan fingerprint density at radius 1 is 0.548 bits per heavy atom. The van der Waals surface area contributed by atoms with E-state index in [1.807, 2.05) is 74.6 Å². The van der Waals surface area contributed by atoms with Crippen molar-refractivity contribution in [3.05, 3.63) is 111 Å². The Hall–Kier alpha value is -8.68. The minimum atomic E-state index is -1.67. The van der Waals surface area contributed by atoms with Crippen molar-refractivity contribution in [3.8, 4) is 34.5 Å². The molecule has 7 aliphatic carbocycles. The van der Waals surface area contributed by atoms with Crippen LogP contribution in [0.4, 0.5) is 31.8 Å². The Kier molecular flexibility index (Phi) is 51.2. The van der Waals surface area contributed by atoms with Gasteiger partial charge >= 0.3 is 36.3 Å². The SMILES string of the molecule is C.CC(C)(C)OC(=O)OC(=O)OC(C)(C)C.CN(c1nc(Cl)ncc1O)[C@H](CO)C1CC1.CN1c2nc(Cl)ncc2OC[C@@H]1C1CC1.CN[C@H](CO)C1CC1.COC(=O)[C@@H](N)C1CC1.COC(=O)[C@@H](NC(=O)OC(C)(C)C)C1CC1.COc1ccc(COc2cnc(Cl)nc2Cl)cc1.COc1ccc(COc2cnc(Cl)nc2N(C)[C@H](CO)C2CC2)cc1.N[C@H](C(=O)O)C1CC1.O=S(Cl)Cl. The minimum absolute atomic E-state index is 0. The Labute approximate surface area is 826 Å². The fraction of sp³-hybridized carbons (Fsp3) is 0.618. The zero-order valence-corrected chi connectivity index (χ0v) is 84.5. The largest absolute Gasteiger partial charge is 0.519 e. The molecule has 0 saturated heterocycles. The van der Waals surface area contributed by atoms with Gasteiger partial charge in [-0.2, -0.15) is 15.0 Å². The molecule has 14 rings (SSSR count). The molecular weight excluding hydrogens is 1930 g/mol. The normalized spacial score (nSPS) is 16.7. The topological polar surface area (TPSA) is 511 Å². The van der Waals surface area contributed by atoms with E-state index in [2.05, 4.69) is 91.0 Å². The van der Waals surface area contributed by atoms with Gasteiger partial charge in [-0.3, -0.25) is 9.59 Å². The number of esters is 2. The number of fused-ring (bicyclic) bond motifs is 1. The lowest BCUT2D eigenvalue weighted by Crippen LogP contribution is -2.45. The molecule has 0 bridgehead atoms. The summed E-state index contributed by atoms with van der Waals surface area (Å²) in [5, 5.41) is 52.1. The number of alkyl carbamates (subject to hydrolysis) is 1. The van der Waals surface area contributed by atoms with Crippen molar-refractivity contribution in [1.29, 1.82) is 0 Å². The molecule has 135 heavy (non-hydrogen) atoms. The molecule has 0 unspecified atom stereocenters. The average Bonchev–Trinajstić information content (AvgIpc) is 1.72. The van der Waals surface area contributed by atoms with Gasteiger partial charge in [0.05, 0.1) is 91.2 Å². The van der Waals surface area contributed by atoms with Gasteiger partial charge in [-0.15, -0.1) is 0 Å². The second-order valence-electron chi connectivity index (χ2n) is 35.0. The fourth-order valence-corrected chi connectivity index (χ4v) is 13.1. The monoisotopic (exact) mass is 2060 g/mol. The molecule has 7 fully saturated rings. The van der Waals surface area contributed by atoms with Crippen molar-refractivity contribution >= 4 is 142 Å². The zero-order chi connectivity index (χ0) is 100. The van der Waals surface area contributed by atoms with Crippen molar-refractivity contribution in [2.24, 2.45) is 52.9 Å². The van der Waals surface area contributed by atoms with Gasteiger partial charge in [-0.05, 0) is 282 Å². The number of nitrogens with zero attached hydrogens (tertiary/aromatic N) is 11. The number of hydrogen-bond donors (Lipinski definition) is 9. The second-order valence-corrected chi connectivity index (χ2v) is 39.2. The van der Waals surface area contributed by atoms with E-state index >= 15 is 0 Å². The first-order valence-corrected chi connectivity index (χ1v) is 47.8. The molecule has 1 aliphatic heterocycles. The number of anilines is 3. The first-order valence-electron chi connectivity index (χ1n) is 43.2. The number of likely N-dealkylation sites (N-methyl/N-ethyl adjacent to an activating group) is 4. The number of ether oxygens (including phenoxy) is 11. The van der Waals surface area contributed by atoms with Crippen LogP contribution in [0.15, 0.2) is 73.3 Å². The molecule has 0 radical (unpaired) electrons. The van der Waals surface area contributed by atoms with Gasteiger partial charge in [0.25, 0.3) is 0 Å². The third-order valence-corrected chi connectivity index (χ3v) is 21.6. The van der Waals surface area contributed by atoms with Crippen LogP contribution < -0.4 is 60.5 Å². The highest BCUT2D eigenvalue weighted by atomic mass is 36.0. The van der Waals surface area contributed by atoms with Gasteiger partial charge in [0.15, 0.2) is 45.6 Å². The summed E-state index contributed by atoms with van der Waals surface area (Å²) in [6.07, 6.45) is 18.9. The van der Waals surface area contributed by atoms with Gasteiger partial charge in [0, 0.05) is 48.5 Å². The third-order valence-electron chi connectivity index (χ3n) is 20.6. The first-order chi connectivity index (χ1) is 63.1. The summed E-state index contributed by atoms with van der Waals surface area (Å²) >= 11 is 28.9. The Balaban J connectivity index is 0.000000321. The number of aliphatic hydroxyl groups excluding tert-OH is 3. The van der Waals surface area contributed by atoms with E-state index in [9.17, 15) is 44.1 Å². The number of amides is 1. The summed E-state index contributed by atoms with van der Waals surface area (Å²) < 4.78 is 64.3. The number of aliphatic hydroxyl groups is 3. The van der Waals surface area contributed by atoms with Crippen molar-refractivity contribution < 1.29 is 111 Å². The van der Waals surface area contributed by atoms with E-state index in [1.165, 1.54) is 52.3 Å². The zero-order valence-electron chi connectivity index (χ0n) is 78.4. The molecular formula is C89H132Cl7N15O23S. The highest BCUT2D eigenvalue weighted by molar-refractivity contribution is 8.26. The number of nitrogens with one attached hydrogen (secondary N) is 2. The average molecular weight is 2060 g/mol. The van der Waals surface area contributed by atoms with E-state index in [0.717, 1.165) is 117 Å². The summed E-state index contributed by atoms with van der Waals surface area (Å²) in [6, 6.07) is 14.5. The molecule has 46 heteroatoms. The number of halogens is 7. The molecule has 4 aromatic heterocycles. The maximum Gasteiger partial charge on any atom is 0.519 e. The highest BCUT2D eigenvalue weighted by Gasteiger charge is 2.42. The number of benzene rings is 2. The fourth-order valence-electron chi connectivity index (χ4n) is 12.4. The highest BCUT2D eigenvalue weighted by Crippen LogP contribution is 2.43. The summed E-state index contributed by atoms with van der Waals surface area (Å²) in [5.74, 6) is 6.83. The lowest BCUT2D eigenvalue weighted by molar-refractivity contribution is -0.144. The Morgan fingerprint density at radius 3 is 1.33 bits per heavy atom. The molecule has 756 valence electrons. The minimum Gasteiger partial charge on any atom is -0.503 e. The number of carboxylic acids is 1. The van der Waals surface area contributed by atoms with Crippen LogP contribution in [-0.4, -0.2) is 248 Å². The molecule has 1 amide bonds. The predicted octanol–water partition coefficient (Wildman–Crippen LogP) is 14.8. The smallest absolute Gasteiger partial charge is 0.503 e. The van der Waals surface area contributed by atoms with Crippen molar-refractivity contribution in [3.63, 3.8) is 0 Å². The van der Waals surface area contributed by atoms with Crippen molar-refractivity contribution in [2.45, 2.75) is 232 Å². The van der Waals surface area contributed by atoms with E-state index in [1.54, 1.807) is 101 Å². The summed E-state index contributed by atoms with van der Waals surface area (Å²) in [6.45, 7) is 17.2. The van der Waals surface area contributed by atoms with Gasteiger partial charge in [0.1, 0.15) is 66.2 Å². The number of hydrogen-bond acceptors (Lipinski definition) is 36. The Bertz CT molecular complexity index is 4620. The number of carbonyl (C=O) groups is 6. The van der Waals surface area contributed by atoms with E-state index in [-0.39, 0.29) is 88.6 Å². The molecule has 6 aromatic rings. The quantitative estimate of drug-likeness (QED) is 0.00577. The number of rotatable bonds is 27. The van der Waals surface area contributed by atoms with Crippen LogP contribution >= 0.6 is 79.4 Å². The maximum absolute atomic E-state index is 11.5. The molecule has 11 N–H and O–H groups in total. The molecule has 8 aliphatic rings. The molecule has 0 spiro atoms. The molecule has 2 aromatic carbocycles. The van der Waals surface area contributed by atoms with E-state index < -0.39 is 68.5 Å². The molecule has 7 atom stereocenters. The van der Waals surface area contributed by atoms with Crippen LogP contribution in [0.2, 0.25) is 26.3 Å². The van der Waals surface area contributed by atoms with Gasteiger partial charge in [-0.1, -0.05) is 43.3 Å². The maximum atomic E-state index is 11.5. The van der Waals surface area contributed by atoms with E-state index in [4.69, 9.17) is 122 Å². The standard InChI is InChI=1S/C18H22ClN3O3.C12H10Cl2N2O2.C11H19NO4.C10H14ClN3O2.C10H12ClN3O.C10H18O5.C6H11NO2.C6H13NO.C5H9NO2.CH4.Cl2OS/c1-22(15(10-23)13-5-6-13)17-16(9-20-18(19)21-17)25-11-12-3-7-14(24-2)8-4-12;1-17-9-4-2-8(3-5-9)7-18-10-6-15-12(14)16-11(10)13;1-11(2,3)16-10(14)12-8(7-5-6-7)9(13)15-4;1-14(7(5-15)6-2-3-6)9-8(16)4-12-10(11)13-9;1-14-7(6-2-3-6)5-15-8-4-12-10(11)13-9(8)14;1-9(2,3)14-7(11)13-8(12)15-10(4,5)6;1-9-6(8)5(7)4-2-3-4;1-7-6(4-8)5-2-3-5;6-4(5(7)8)3-1-2-3;;1-4(2)3/h3-4,7-9,13,15,23H,5-6,10-11H2,1-2H3;2-6H,7H2,1H3;7-8H,5-6H2,1-4H3,(H,12,14);4,6-7,15-16H,2-3,5H2,1H3;4,6-7H,2-3,5H2,1H3;1-6H3;4-5H,2-3,7H2,1H3;5-8H,2-4H2,1H3;3-4H,1-2,6H2,(H,7,8);1H4;/t15-;;8-;2*7-;;5-;6-;4-;;/m1.011.010../s1. The number of carboxylic acid groups (broad SMARTS) is 1. The molecule has 5 heterocycles. The number of aromatic hydroxyl groups is 1. The lowest BCUT2D eigenvalue weighted by Gasteiger charge is -2.34. The third kappa shape index (κ3) is 46.6.